The Hall–Kier alpha value is -2.15. The Balaban J connectivity index is 1.40. The van der Waals surface area contributed by atoms with Crippen LogP contribution in [0, 0.1) is 11.3 Å². The Morgan fingerprint density at radius 3 is 2.96 bits per heavy atom. The summed E-state index contributed by atoms with van der Waals surface area (Å²) >= 11 is 0. The maximum Gasteiger partial charge on any atom is 0.228 e. The number of likely N-dealkylation sites (tertiary alicyclic amines) is 1. The van der Waals surface area contributed by atoms with Crippen LogP contribution in [-0.2, 0) is 9.59 Å². The predicted octanol–water partition coefficient (Wildman–Crippen LogP) is 0.730. The molecule has 1 spiro atoms. The van der Waals surface area contributed by atoms with Gasteiger partial charge in [0, 0.05) is 31.7 Å². The van der Waals surface area contributed by atoms with Crippen molar-refractivity contribution >= 4 is 11.8 Å². The summed E-state index contributed by atoms with van der Waals surface area (Å²) in [5, 5.41) is 13.2. The molecule has 7 heteroatoms. The molecule has 4 rings (SSSR count). The molecule has 0 aromatic carbocycles. The number of aromatic nitrogens is 1. The molecular formula is C19H25N3O4. The predicted molar refractivity (Wildman–Crippen MR) is 93.3 cm³/mol. The number of aliphatic hydroxyl groups is 1. The molecule has 1 saturated carbocycles. The lowest BCUT2D eigenvalue weighted by Crippen LogP contribution is -2.45. The molecule has 26 heavy (non-hydrogen) atoms. The third-order valence-electron chi connectivity index (χ3n) is 6.25. The summed E-state index contributed by atoms with van der Waals surface area (Å²) in [5.41, 5.74) is -1.41. The van der Waals surface area contributed by atoms with E-state index in [-0.39, 0.29) is 24.2 Å². The Morgan fingerprint density at radius 1 is 1.42 bits per heavy atom. The SMILES string of the molecule is O=C(CC1(O)CCC1)N1CC[C@]2(C1)C(=O)NC[C@@H]2COc1cccnc1. The first kappa shape index (κ1) is 17.3. The highest BCUT2D eigenvalue weighted by molar-refractivity contribution is 5.87. The van der Waals surface area contributed by atoms with Gasteiger partial charge in [0.1, 0.15) is 5.75 Å². The van der Waals surface area contributed by atoms with Gasteiger partial charge in [-0.05, 0) is 37.8 Å². The van der Waals surface area contributed by atoms with Crippen LogP contribution >= 0.6 is 0 Å². The summed E-state index contributed by atoms with van der Waals surface area (Å²) in [6, 6.07) is 3.65. The molecule has 3 fully saturated rings. The Morgan fingerprint density at radius 2 is 2.27 bits per heavy atom. The fourth-order valence-corrected chi connectivity index (χ4v) is 4.34. The second-order valence-electron chi connectivity index (χ2n) is 7.88. The topological polar surface area (TPSA) is 91.8 Å². The highest BCUT2D eigenvalue weighted by Gasteiger charge is 2.55. The van der Waals surface area contributed by atoms with Crippen molar-refractivity contribution in [1.82, 2.24) is 15.2 Å². The fourth-order valence-electron chi connectivity index (χ4n) is 4.34. The molecule has 2 saturated heterocycles. The van der Waals surface area contributed by atoms with Gasteiger partial charge in [-0.15, -0.1) is 0 Å². The molecule has 0 unspecified atom stereocenters. The van der Waals surface area contributed by atoms with E-state index in [1.54, 1.807) is 17.3 Å². The molecule has 1 aliphatic carbocycles. The van der Waals surface area contributed by atoms with E-state index in [0.717, 1.165) is 6.42 Å². The quantitative estimate of drug-likeness (QED) is 0.809. The summed E-state index contributed by atoms with van der Waals surface area (Å²) in [5.74, 6) is 0.658. The van der Waals surface area contributed by atoms with Gasteiger partial charge in [0.25, 0.3) is 0 Å². The minimum Gasteiger partial charge on any atom is -0.492 e. The summed E-state index contributed by atoms with van der Waals surface area (Å²) < 4.78 is 5.83. The van der Waals surface area contributed by atoms with Crippen LogP contribution in [0.5, 0.6) is 5.75 Å². The normalized spacial score (nSPS) is 29.5. The van der Waals surface area contributed by atoms with Crippen molar-refractivity contribution in [3.8, 4) is 5.75 Å². The van der Waals surface area contributed by atoms with E-state index in [1.807, 2.05) is 12.1 Å². The molecule has 0 bridgehead atoms. The van der Waals surface area contributed by atoms with E-state index < -0.39 is 11.0 Å². The summed E-state index contributed by atoms with van der Waals surface area (Å²) in [6.07, 6.45) is 6.52. The largest absolute Gasteiger partial charge is 0.492 e. The number of pyridine rings is 1. The van der Waals surface area contributed by atoms with Crippen LogP contribution in [0.3, 0.4) is 0 Å². The van der Waals surface area contributed by atoms with Crippen LogP contribution in [0.1, 0.15) is 32.1 Å². The van der Waals surface area contributed by atoms with Gasteiger partial charge in [-0.2, -0.15) is 0 Å². The highest BCUT2D eigenvalue weighted by Crippen LogP contribution is 2.43. The first-order chi connectivity index (χ1) is 12.5. The van der Waals surface area contributed by atoms with Crippen molar-refractivity contribution in [2.24, 2.45) is 11.3 Å². The lowest BCUT2D eigenvalue weighted by Gasteiger charge is -2.37. The van der Waals surface area contributed by atoms with Crippen LogP contribution in [0.4, 0.5) is 0 Å². The van der Waals surface area contributed by atoms with Gasteiger partial charge in [0.2, 0.25) is 11.8 Å². The molecule has 2 aliphatic heterocycles. The zero-order valence-electron chi connectivity index (χ0n) is 14.8. The van der Waals surface area contributed by atoms with Gasteiger partial charge in [-0.25, -0.2) is 0 Å². The number of carbonyl (C=O) groups excluding carboxylic acids is 2. The maximum absolute atomic E-state index is 12.6. The molecule has 1 aromatic rings. The van der Waals surface area contributed by atoms with Crippen LogP contribution < -0.4 is 10.1 Å². The van der Waals surface area contributed by atoms with Gasteiger partial charge >= 0.3 is 0 Å². The van der Waals surface area contributed by atoms with Crippen LogP contribution in [-0.4, -0.2) is 58.6 Å². The summed E-state index contributed by atoms with van der Waals surface area (Å²) in [6.45, 7) is 1.95. The number of amides is 2. The summed E-state index contributed by atoms with van der Waals surface area (Å²) in [7, 11) is 0. The van der Waals surface area contributed by atoms with Crippen molar-refractivity contribution in [1.29, 1.82) is 0 Å². The number of hydrogen-bond donors (Lipinski definition) is 2. The lowest BCUT2D eigenvalue weighted by molar-refractivity contribution is -0.140. The van der Waals surface area contributed by atoms with E-state index >= 15 is 0 Å². The standard InChI is InChI=1S/C19H25N3O4/c23-16(9-18(25)4-2-5-18)22-8-6-19(13-22)14(10-21-17(19)24)12-26-15-3-1-7-20-11-15/h1,3,7,11,14,25H,2,4-6,8-10,12-13H2,(H,21,24)/t14-,19-/m1/s1. The van der Waals surface area contributed by atoms with Crippen LogP contribution in [0.2, 0.25) is 0 Å². The highest BCUT2D eigenvalue weighted by atomic mass is 16.5. The second kappa shape index (κ2) is 6.54. The maximum atomic E-state index is 12.6. The average molecular weight is 359 g/mol. The van der Waals surface area contributed by atoms with Crippen molar-refractivity contribution < 1.29 is 19.4 Å². The van der Waals surface area contributed by atoms with E-state index in [1.165, 1.54) is 0 Å². The molecule has 3 heterocycles. The third kappa shape index (κ3) is 3.05. The molecule has 2 amide bonds. The van der Waals surface area contributed by atoms with Crippen molar-refractivity contribution in [3.05, 3.63) is 24.5 Å². The monoisotopic (exact) mass is 359 g/mol. The van der Waals surface area contributed by atoms with Gasteiger partial charge in [-0.1, -0.05) is 0 Å². The van der Waals surface area contributed by atoms with Crippen LogP contribution in [0.25, 0.3) is 0 Å². The minimum absolute atomic E-state index is 0.00921. The summed E-state index contributed by atoms with van der Waals surface area (Å²) in [4.78, 5) is 30.9. The molecule has 140 valence electrons. The molecule has 3 aliphatic rings. The lowest BCUT2D eigenvalue weighted by atomic mass is 9.76. The Labute approximate surface area is 152 Å². The first-order valence-electron chi connectivity index (χ1n) is 9.32. The first-order valence-corrected chi connectivity index (χ1v) is 9.32. The number of ether oxygens (including phenoxy) is 1. The van der Waals surface area contributed by atoms with E-state index in [4.69, 9.17) is 4.74 Å². The average Bonchev–Trinajstić information content (AvgIpc) is 3.19. The number of nitrogens with one attached hydrogen (secondary N) is 1. The zero-order chi connectivity index (χ0) is 18.2. The molecule has 2 atom stereocenters. The number of rotatable bonds is 5. The molecule has 1 aromatic heterocycles. The van der Waals surface area contributed by atoms with Gasteiger partial charge < -0.3 is 20.1 Å². The van der Waals surface area contributed by atoms with Crippen molar-refractivity contribution in [2.45, 2.75) is 37.7 Å². The van der Waals surface area contributed by atoms with E-state index in [9.17, 15) is 14.7 Å². The number of hydrogen-bond acceptors (Lipinski definition) is 5. The number of carbonyl (C=O) groups is 2. The van der Waals surface area contributed by atoms with Gasteiger partial charge in [-0.3, -0.25) is 14.6 Å². The zero-order valence-corrected chi connectivity index (χ0v) is 14.8. The van der Waals surface area contributed by atoms with Gasteiger partial charge in [0.05, 0.1) is 30.2 Å². The van der Waals surface area contributed by atoms with Crippen LogP contribution in [0.15, 0.2) is 24.5 Å². The molecular weight excluding hydrogens is 334 g/mol. The Kier molecular flexibility index (Phi) is 4.34. The minimum atomic E-state index is -0.826. The van der Waals surface area contributed by atoms with Crippen molar-refractivity contribution in [2.75, 3.05) is 26.2 Å². The molecule has 0 radical (unpaired) electrons. The second-order valence-corrected chi connectivity index (χ2v) is 7.88. The smallest absolute Gasteiger partial charge is 0.228 e. The fraction of sp³-hybridized carbons (Fsp3) is 0.632. The van der Waals surface area contributed by atoms with E-state index in [2.05, 4.69) is 10.3 Å². The third-order valence-corrected chi connectivity index (χ3v) is 6.25. The van der Waals surface area contributed by atoms with Gasteiger partial charge in [0.15, 0.2) is 0 Å². The Bertz CT molecular complexity index is 691. The van der Waals surface area contributed by atoms with Crippen molar-refractivity contribution in [3.63, 3.8) is 0 Å². The molecule has 7 nitrogen and oxygen atoms in total. The van der Waals surface area contributed by atoms with E-state index in [0.29, 0.717) is 51.3 Å². The number of nitrogens with zero attached hydrogens (tertiary/aromatic N) is 2. The molecule has 2 N–H and O–H groups in total.